The number of halogens is 4. The van der Waals surface area contributed by atoms with Crippen LogP contribution in [0.3, 0.4) is 0 Å². The van der Waals surface area contributed by atoms with E-state index in [1.54, 1.807) is 11.8 Å². The molecule has 2 aliphatic heterocycles. The van der Waals surface area contributed by atoms with Crippen LogP contribution >= 0.6 is 0 Å². The van der Waals surface area contributed by atoms with Gasteiger partial charge in [-0.3, -0.25) is 9.69 Å². The highest BCUT2D eigenvalue weighted by atomic mass is 19.4. The molecule has 224 valence electrons. The SMILES string of the molecule is CC(=O)C(C1CCOCC1)N1CC[C@@H](CNc2ncnc(N(Cc3ccc(C(F)(F)F)cc3)C3CC3)c2F)[C@H](O)C1. The van der Waals surface area contributed by atoms with Crippen molar-refractivity contribution in [2.45, 2.75) is 69.9 Å². The number of alkyl halides is 3. The number of rotatable bonds is 10. The summed E-state index contributed by atoms with van der Waals surface area (Å²) in [5.41, 5.74) is -0.107. The van der Waals surface area contributed by atoms with Crippen molar-refractivity contribution in [3.05, 3.63) is 47.5 Å². The Morgan fingerprint density at radius 1 is 1.15 bits per heavy atom. The van der Waals surface area contributed by atoms with Crippen LogP contribution in [0.2, 0.25) is 0 Å². The number of ketones is 1. The standard InChI is InChI=1S/C29H37F4N5O3/c1-18(39)26(20-9-12-41-13-10-20)37-11-8-21(24(40)16-37)14-34-27-25(30)28(36-17-35-27)38(23-6-7-23)15-19-2-4-22(5-3-19)29(31,32)33/h2-5,17,20-21,23-24,26,40H,6-16H2,1H3,(H,34,35,36)/t21-,24+,26?/m0/s1. The topological polar surface area (TPSA) is 90.8 Å². The second-order valence-electron chi connectivity index (χ2n) is 11.4. The molecule has 3 aliphatic rings. The average Bonchev–Trinajstić information content (AvgIpc) is 3.78. The smallest absolute Gasteiger partial charge is 0.391 e. The first kappa shape index (κ1) is 29.7. The fraction of sp³-hybridized carbons (Fsp3) is 0.621. The van der Waals surface area contributed by atoms with Crippen LogP contribution in [0.1, 0.15) is 50.2 Å². The monoisotopic (exact) mass is 579 g/mol. The molecule has 3 heterocycles. The third-order valence-corrected chi connectivity index (χ3v) is 8.47. The third-order valence-electron chi connectivity index (χ3n) is 8.47. The van der Waals surface area contributed by atoms with Crippen LogP contribution in [0, 0.1) is 17.7 Å². The molecular weight excluding hydrogens is 542 g/mol. The van der Waals surface area contributed by atoms with Crippen LogP contribution in [-0.4, -0.2) is 76.8 Å². The van der Waals surface area contributed by atoms with Gasteiger partial charge in [-0.15, -0.1) is 0 Å². The zero-order valence-electron chi connectivity index (χ0n) is 23.1. The maximum atomic E-state index is 15.7. The Morgan fingerprint density at radius 3 is 2.46 bits per heavy atom. The van der Waals surface area contributed by atoms with Crippen molar-refractivity contribution < 1.29 is 32.2 Å². The molecular formula is C29H37F4N5O3. The summed E-state index contributed by atoms with van der Waals surface area (Å²) in [5.74, 6) is -0.346. The maximum Gasteiger partial charge on any atom is 0.416 e. The number of ether oxygens (including phenoxy) is 1. The quantitative estimate of drug-likeness (QED) is 0.403. The minimum Gasteiger partial charge on any atom is -0.391 e. The average molecular weight is 580 g/mol. The van der Waals surface area contributed by atoms with E-state index < -0.39 is 23.7 Å². The van der Waals surface area contributed by atoms with Crippen molar-refractivity contribution in [2.75, 3.05) is 43.1 Å². The first-order valence-electron chi connectivity index (χ1n) is 14.3. The number of aromatic nitrogens is 2. The number of Topliss-reactive ketones (excluding diaryl/α,β-unsaturated/α-hetero) is 1. The Balaban J connectivity index is 1.21. The van der Waals surface area contributed by atoms with Crippen LogP contribution < -0.4 is 10.2 Å². The number of aliphatic hydroxyl groups excluding tert-OH is 1. The molecule has 41 heavy (non-hydrogen) atoms. The molecule has 8 nitrogen and oxygen atoms in total. The largest absolute Gasteiger partial charge is 0.416 e. The van der Waals surface area contributed by atoms with Crippen LogP contribution in [0.5, 0.6) is 0 Å². The van der Waals surface area contributed by atoms with E-state index in [1.165, 1.54) is 18.5 Å². The van der Waals surface area contributed by atoms with Crippen molar-refractivity contribution in [3.63, 3.8) is 0 Å². The first-order valence-corrected chi connectivity index (χ1v) is 14.3. The lowest BCUT2D eigenvalue weighted by Crippen LogP contribution is -2.55. The minimum absolute atomic E-state index is 0.0199. The van der Waals surface area contributed by atoms with Gasteiger partial charge in [-0.1, -0.05) is 12.1 Å². The lowest BCUT2D eigenvalue weighted by Gasteiger charge is -2.43. The highest BCUT2D eigenvalue weighted by molar-refractivity contribution is 5.81. The van der Waals surface area contributed by atoms with Crippen molar-refractivity contribution in [1.82, 2.24) is 14.9 Å². The zero-order valence-corrected chi connectivity index (χ0v) is 23.1. The van der Waals surface area contributed by atoms with Crippen molar-refractivity contribution in [2.24, 2.45) is 11.8 Å². The van der Waals surface area contributed by atoms with E-state index in [4.69, 9.17) is 4.74 Å². The first-order chi connectivity index (χ1) is 19.6. The fourth-order valence-corrected chi connectivity index (χ4v) is 6.08. The summed E-state index contributed by atoms with van der Waals surface area (Å²) in [5, 5.41) is 14.0. The van der Waals surface area contributed by atoms with Gasteiger partial charge in [0.25, 0.3) is 0 Å². The number of likely N-dealkylation sites (tertiary alicyclic amines) is 1. The summed E-state index contributed by atoms with van der Waals surface area (Å²) in [6.07, 6.45) is 0.139. The number of benzene rings is 1. The lowest BCUT2D eigenvalue weighted by molar-refractivity contribution is -0.137. The summed E-state index contributed by atoms with van der Waals surface area (Å²) in [7, 11) is 0. The van der Waals surface area contributed by atoms with E-state index in [0.717, 1.165) is 37.8 Å². The predicted molar refractivity (Wildman–Crippen MR) is 145 cm³/mol. The van der Waals surface area contributed by atoms with E-state index in [1.807, 2.05) is 0 Å². The Kier molecular flexibility index (Phi) is 9.10. The molecule has 0 amide bonds. The Labute approximate surface area is 237 Å². The molecule has 1 saturated carbocycles. The Morgan fingerprint density at radius 2 is 1.85 bits per heavy atom. The number of piperidine rings is 1. The number of hydrogen-bond donors (Lipinski definition) is 2. The molecule has 2 N–H and O–H groups in total. The van der Waals surface area contributed by atoms with Gasteiger partial charge in [0.2, 0.25) is 5.82 Å². The number of nitrogens with zero attached hydrogens (tertiary/aromatic N) is 4. The highest BCUT2D eigenvalue weighted by Gasteiger charge is 2.38. The highest BCUT2D eigenvalue weighted by Crippen LogP contribution is 2.36. The summed E-state index contributed by atoms with van der Waals surface area (Å²) < 4.78 is 60.0. The zero-order chi connectivity index (χ0) is 29.1. The van der Waals surface area contributed by atoms with Crippen molar-refractivity contribution in [1.29, 1.82) is 0 Å². The van der Waals surface area contributed by atoms with Crippen LogP contribution in [0.4, 0.5) is 29.2 Å². The van der Waals surface area contributed by atoms with Crippen molar-refractivity contribution in [3.8, 4) is 0 Å². The molecule has 2 saturated heterocycles. The second kappa shape index (κ2) is 12.6. The number of carbonyl (C=O) groups excluding carboxylic acids is 1. The number of hydrogen-bond acceptors (Lipinski definition) is 8. The van der Waals surface area contributed by atoms with E-state index in [9.17, 15) is 23.1 Å². The number of β-amino-alcohol motifs (C(OH)–C–C–N with tert-alkyl or cyclic N) is 1. The third kappa shape index (κ3) is 7.15. The second-order valence-corrected chi connectivity index (χ2v) is 11.4. The van der Waals surface area contributed by atoms with E-state index in [2.05, 4.69) is 20.2 Å². The summed E-state index contributed by atoms with van der Waals surface area (Å²) in [4.78, 5) is 24.6. The van der Waals surface area contributed by atoms with Crippen LogP contribution in [0.15, 0.2) is 30.6 Å². The summed E-state index contributed by atoms with van der Waals surface area (Å²) in [6, 6.07) is 4.68. The van der Waals surface area contributed by atoms with Gasteiger partial charge in [0.1, 0.15) is 12.1 Å². The van der Waals surface area contributed by atoms with Gasteiger partial charge < -0.3 is 20.1 Å². The predicted octanol–water partition coefficient (Wildman–Crippen LogP) is 4.28. The fourth-order valence-electron chi connectivity index (χ4n) is 6.08. The molecule has 2 aromatic rings. The van der Waals surface area contributed by atoms with Gasteiger partial charge >= 0.3 is 6.18 Å². The molecule has 3 atom stereocenters. The van der Waals surface area contributed by atoms with Gasteiger partial charge in [-0.05, 0) is 69.2 Å². The lowest BCUT2D eigenvalue weighted by atomic mass is 9.85. The number of aliphatic hydroxyl groups is 1. The molecule has 12 heteroatoms. The van der Waals surface area contributed by atoms with E-state index in [0.29, 0.717) is 44.8 Å². The molecule has 0 spiro atoms. The molecule has 1 aliphatic carbocycles. The van der Waals surface area contributed by atoms with Crippen LogP contribution in [-0.2, 0) is 22.3 Å². The minimum atomic E-state index is -4.42. The van der Waals surface area contributed by atoms with E-state index >= 15 is 4.39 Å². The molecule has 1 aromatic heterocycles. The van der Waals surface area contributed by atoms with Gasteiger partial charge in [-0.2, -0.15) is 17.6 Å². The Bertz CT molecular complexity index is 1190. The van der Waals surface area contributed by atoms with Crippen LogP contribution in [0.25, 0.3) is 0 Å². The Hall–Kier alpha value is -2.83. The number of nitrogens with one attached hydrogen (secondary N) is 1. The summed E-state index contributed by atoms with van der Waals surface area (Å²) >= 11 is 0. The molecule has 5 rings (SSSR count). The maximum absolute atomic E-state index is 15.7. The number of carbonyl (C=O) groups is 1. The van der Waals surface area contributed by atoms with Crippen molar-refractivity contribution >= 4 is 17.4 Å². The van der Waals surface area contributed by atoms with Gasteiger partial charge in [0, 0.05) is 44.8 Å². The normalized spacial score (nSPS) is 23.3. The molecule has 0 bridgehead atoms. The van der Waals surface area contributed by atoms with E-state index in [-0.39, 0.29) is 47.9 Å². The molecule has 1 unspecified atom stereocenters. The molecule has 0 radical (unpaired) electrons. The van der Waals surface area contributed by atoms with Gasteiger partial charge in [-0.25, -0.2) is 9.97 Å². The van der Waals surface area contributed by atoms with Gasteiger partial charge in [0.05, 0.1) is 17.7 Å². The number of anilines is 2. The molecule has 1 aromatic carbocycles. The molecule has 3 fully saturated rings. The van der Waals surface area contributed by atoms with Gasteiger partial charge in [0.15, 0.2) is 11.6 Å². The summed E-state index contributed by atoms with van der Waals surface area (Å²) in [6.45, 7) is 4.44.